The van der Waals surface area contributed by atoms with Crippen molar-refractivity contribution in [2.24, 2.45) is 0 Å². The Balaban J connectivity index is 1.41. The highest BCUT2D eigenvalue weighted by Crippen LogP contribution is 2.30. The zero-order valence-corrected chi connectivity index (χ0v) is 13.3. The van der Waals surface area contributed by atoms with Crippen LogP contribution in [0.25, 0.3) is 11.4 Å². The number of hydrogen-bond acceptors (Lipinski definition) is 6. The van der Waals surface area contributed by atoms with E-state index in [1.807, 2.05) is 30.3 Å². The number of amides is 1. The lowest BCUT2D eigenvalue weighted by atomic mass is 10.2. The number of benzene rings is 2. The number of carbonyl (C=O) groups is 1. The van der Waals surface area contributed by atoms with E-state index >= 15 is 0 Å². The van der Waals surface area contributed by atoms with E-state index in [4.69, 9.17) is 14.0 Å². The molecule has 2 heterocycles. The van der Waals surface area contributed by atoms with E-state index in [0.717, 1.165) is 5.56 Å². The van der Waals surface area contributed by atoms with Crippen molar-refractivity contribution in [2.45, 2.75) is 6.54 Å². The molecule has 0 radical (unpaired) electrons. The number of fused-ring (bicyclic) bond motifs is 1. The molecule has 0 aliphatic carbocycles. The number of hydrogen-bond donors (Lipinski definition) is 1. The van der Waals surface area contributed by atoms with E-state index in [9.17, 15) is 4.79 Å². The predicted molar refractivity (Wildman–Crippen MR) is 88.3 cm³/mol. The van der Waals surface area contributed by atoms with Gasteiger partial charge in [-0.1, -0.05) is 35.5 Å². The molecule has 4 rings (SSSR count). The first-order chi connectivity index (χ1) is 12.3. The Morgan fingerprint density at radius 2 is 1.84 bits per heavy atom. The fourth-order valence-electron chi connectivity index (χ4n) is 2.47. The third-order valence-electron chi connectivity index (χ3n) is 3.70. The van der Waals surface area contributed by atoms with Crippen LogP contribution in [-0.4, -0.2) is 29.3 Å². The van der Waals surface area contributed by atoms with Crippen LogP contribution in [0.15, 0.2) is 53.1 Å². The van der Waals surface area contributed by atoms with E-state index < -0.39 is 0 Å². The Bertz CT molecular complexity index is 892. The molecule has 1 aromatic heterocycles. The van der Waals surface area contributed by atoms with Crippen molar-refractivity contribution in [3.63, 3.8) is 0 Å². The monoisotopic (exact) mass is 337 g/mol. The standard InChI is InChI=1S/C18H15N3O4/c22-18(13-6-7-14-15(10-13)24-9-8-23-14)19-11-16-20-17(21-25-16)12-4-2-1-3-5-12/h1-7,10H,8-9,11H2,(H,19,22). The molecule has 1 aliphatic heterocycles. The van der Waals surface area contributed by atoms with Gasteiger partial charge in [-0.2, -0.15) is 4.98 Å². The van der Waals surface area contributed by atoms with Crippen molar-refractivity contribution in [2.75, 3.05) is 13.2 Å². The lowest BCUT2D eigenvalue weighted by Crippen LogP contribution is -2.23. The van der Waals surface area contributed by atoms with Crippen molar-refractivity contribution >= 4 is 5.91 Å². The fourth-order valence-corrected chi connectivity index (χ4v) is 2.47. The van der Waals surface area contributed by atoms with Gasteiger partial charge in [0.25, 0.3) is 5.91 Å². The Morgan fingerprint density at radius 1 is 1.04 bits per heavy atom. The van der Waals surface area contributed by atoms with Crippen molar-refractivity contribution in [1.29, 1.82) is 0 Å². The van der Waals surface area contributed by atoms with Crippen LogP contribution in [0.5, 0.6) is 11.5 Å². The van der Waals surface area contributed by atoms with Crippen LogP contribution in [0.1, 0.15) is 16.2 Å². The number of aromatic nitrogens is 2. The Morgan fingerprint density at radius 3 is 2.68 bits per heavy atom. The Kier molecular flexibility index (Phi) is 4.04. The average Bonchev–Trinajstić information content (AvgIpc) is 3.15. The number of rotatable bonds is 4. The second kappa shape index (κ2) is 6.64. The summed E-state index contributed by atoms with van der Waals surface area (Å²) in [7, 11) is 0. The molecule has 1 N–H and O–H groups in total. The van der Waals surface area contributed by atoms with Gasteiger partial charge in [0.1, 0.15) is 13.2 Å². The molecule has 0 spiro atoms. The number of nitrogens with one attached hydrogen (secondary N) is 1. The third kappa shape index (κ3) is 3.30. The first-order valence-electron chi connectivity index (χ1n) is 7.85. The fraction of sp³-hybridized carbons (Fsp3) is 0.167. The van der Waals surface area contributed by atoms with Gasteiger partial charge in [0.15, 0.2) is 11.5 Å². The third-order valence-corrected chi connectivity index (χ3v) is 3.70. The first kappa shape index (κ1) is 15.2. The van der Waals surface area contributed by atoms with Gasteiger partial charge in [-0.15, -0.1) is 0 Å². The molecule has 0 unspecified atom stereocenters. The maximum atomic E-state index is 12.3. The summed E-state index contributed by atoms with van der Waals surface area (Å²) >= 11 is 0. The quantitative estimate of drug-likeness (QED) is 0.787. The highest BCUT2D eigenvalue weighted by atomic mass is 16.6. The van der Waals surface area contributed by atoms with Gasteiger partial charge < -0.3 is 19.3 Å². The number of ether oxygens (including phenoxy) is 2. The van der Waals surface area contributed by atoms with Crippen LogP contribution in [-0.2, 0) is 6.54 Å². The average molecular weight is 337 g/mol. The van der Waals surface area contributed by atoms with E-state index in [-0.39, 0.29) is 12.5 Å². The van der Waals surface area contributed by atoms with E-state index in [1.54, 1.807) is 18.2 Å². The maximum absolute atomic E-state index is 12.3. The SMILES string of the molecule is O=C(NCc1nc(-c2ccccc2)no1)c1ccc2c(c1)OCCO2. The lowest BCUT2D eigenvalue weighted by Gasteiger charge is -2.18. The summed E-state index contributed by atoms with van der Waals surface area (Å²) < 4.78 is 16.1. The molecule has 1 amide bonds. The number of nitrogens with zero attached hydrogens (tertiary/aromatic N) is 2. The highest BCUT2D eigenvalue weighted by Gasteiger charge is 2.16. The maximum Gasteiger partial charge on any atom is 0.251 e. The van der Waals surface area contributed by atoms with Crippen LogP contribution in [0, 0.1) is 0 Å². The molecule has 0 saturated carbocycles. The van der Waals surface area contributed by atoms with Gasteiger partial charge in [0.2, 0.25) is 11.7 Å². The molecule has 126 valence electrons. The van der Waals surface area contributed by atoms with Crippen LogP contribution < -0.4 is 14.8 Å². The van der Waals surface area contributed by atoms with Crippen LogP contribution in [0.4, 0.5) is 0 Å². The van der Waals surface area contributed by atoms with Crippen LogP contribution >= 0.6 is 0 Å². The summed E-state index contributed by atoms with van der Waals surface area (Å²) in [5.41, 5.74) is 1.34. The second-order valence-electron chi connectivity index (χ2n) is 5.42. The summed E-state index contributed by atoms with van der Waals surface area (Å²) in [6.45, 7) is 1.13. The molecule has 0 atom stereocenters. The predicted octanol–water partition coefficient (Wildman–Crippen LogP) is 2.44. The Hall–Kier alpha value is -3.35. The summed E-state index contributed by atoms with van der Waals surface area (Å²) in [6.07, 6.45) is 0. The second-order valence-corrected chi connectivity index (χ2v) is 5.42. The van der Waals surface area contributed by atoms with Gasteiger partial charge in [-0.05, 0) is 18.2 Å². The smallest absolute Gasteiger partial charge is 0.251 e. The van der Waals surface area contributed by atoms with Gasteiger partial charge >= 0.3 is 0 Å². The zero-order chi connectivity index (χ0) is 17.1. The molecule has 7 heteroatoms. The van der Waals surface area contributed by atoms with Crippen molar-refractivity contribution < 1.29 is 18.8 Å². The normalized spacial score (nSPS) is 12.6. The van der Waals surface area contributed by atoms with Crippen molar-refractivity contribution in [1.82, 2.24) is 15.5 Å². The van der Waals surface area contributed by atoms with Crippen LogP contribution in [0.2, 0.25) is 0 Å². The zero-order valence-electron chi connectivity index (χ0n) is 13.3. The molecular formula is C18H15N3O4. The highest BCUT2D eigenvalue weighted by molar-refractivity contribution is 5.94. The molecule has 1 aliphatic rings. The number of carbonyl (C=O) groups excluding carboxylic acids is 1. The molecule has 0 bridgehead atoms. The van der Waals surface area contributed by atoms with E-state index in [0.29, 0.717) is 42.0 Å². The van der Waals surface area contributed by atoms with Crippen LogP contribution in [0.3, 0.4) is 0 Å². The minimum absolute atomic E-state index is 0.146. The van der Waals surface area contributed by atoms with E-state index in [2.05, 4.69) is 15.5 Å². The lowest BCUT2D eigenvalue weighted by molar-refractivity contribution is 0.0945. The van der Waals surface area contributed by atoms with Gasteiger partial charge in [-0.3, -0.25) is 4.79 Å². The first-order valence-corrected chi connectivity index (χ1v) is 7.85. The topological polar surface area (TPSA) is 86.5 Å². The molecule has 25 heavy (non-hydrogen) atoms. The summed E-state index contributed by atoms with van der Waals surface area (Å²) in [5.74, 6) is 1.79. The molecular weight excluding hydrogens is 322 g/mol. The molecule has 3 aromatic rings. The van der Waals surface area contributed by atoms with E-state index in [1.165, 1.54) is 0 Å². The molecule has 0 fully saturated rings. The summed E-state index contributed by atoms with van der Waals surface area (Å²) in [5, 5.41) is 6.68. The van der Waals surface area contributed by atoms with Gasteiger partial charge in [-0.25, -0.2) is 0 Å². The minimum atomic E-state index is -0.253. The Labute approximate surface area is 143 Å². The molecule has 7 nitrogen and oxygen atoms in total. The molecule has 0 saturated heterocycles. The summed E-state index contributed by atoms with van der Waals surface area (Å²) in [6, 6.07) is 14.6. The van der Waals surface area contributed by atoms with Crippen molar-refractivity contribution in [3.05, 3.63) is 60.0 Å². The summed E-state index contributed by atoms with van der Waals surface area (Å²) in [4.78, 5) is 16.6. The van der Waals surface area contributed by atoms with Gasteiger partial charge in [0, 0.05) is 11.1 Å². The van der Waals surface area contributed by atoms with Gasteiger partial charge in [0.05, 0.1) is 6.54 Å². The van der Waals surface area contributed by atoms with Crippen molar-refractivity contribution in [3.8, 4) is 22.9 Å². The molecule has 2 aromatic carbocycles. The minimum Gasteiger partial charge on any atom is -0.486 e. The largest absolute Gasteiger partial charge is 0.486 e.